The number of carbonyl (C=O) groups excluding carboxylic acids is 3. The predicted octanol–water partition coefficient (Wildman–Crippen LogP) is 5.97. The van der Waals surface area contributed by atoms with Crippen LogP contribution >= 0.6 is 0 Å². The first-order chi connectivity index (χ1) is 17.6. The molecule has 5 rings (SSSR count). The Morgan fingerprint density at radius 2 is 1.17 bits per heavy atom. The van der Waals surface area contributed by atoms with E-state index in [0.29, 0.717) is 5.56 Å². The van der Waals surface area contributed by atoms with Gasteiger partial charge in [-0.05, 0) is 28.2 Å². The van der Waals surface area contributed by atoms with Crippen molar-refractivity contribution in [1.29, 1.82) is 0 Å². The monoisotopic (exact) mass is 473 g/mol. The number of nitrogens with zero attached hydrogens (tertiary/aromatic N) is 1. The molecule has 2 unspecified atom stereocenters. The van der Waals surface area contributed by atoms with Gasteiger partial charge in [-0.2, -0.15) is 0 Å². The molecule has 178 valence electrons. The number of hydrogen-bond acceptors (Lipinski definition) is 3. The van der Waals surface area contributed by atoms with Crippen molar-refractivity contribution in [3.05, 3.63) is 143 Å². The average molecular weight is 474 g/mol. The molecular weight excluding hydrogens is 446 g/mol. The third-order valence-electron chi connectivity index (χ3n) is 7.29. The second-order valence-electron chi connectivity index (χ2n) is 9.26. The lowest BCUT2D eigenvalue weighted by atomic mass is 9.75. The Hall–Kier alpha value is -4.31. The Kier molecular flexibility index (Phi) is 6.34. The lowest BCUT2D eigenvalue weighted by Crippen LogP contribution is -2.51. The van der Waals surface area contributed by atoms with Crippen LogP contribution in [0.5, 0.6) is 0 Å². The summed E-state index contributed by atoms with van der Waals surface area (Å²) in [5.41, 5.74) is 2.97. The molecule has 4 aromatic rings. The number of likely N-dealkylation sites (tertiary alicyclic amines) is 1. The summed E-state index contributed by atoms with van der Waals surface area (Å²) in [4.78, 5) is 40.7. The third kappa shape index (κ3) is 3.85. The first-order valence-corrected chi connectivity index (χ1v) is 12.2. The van der Waals surface area contributed by atoms with Gasteiger partial charge in [0, 0.05) is 12.0 Å². The minimum atomic E-state index is -1.10. The van der Waals surface area contributed by atoms with E-state index in [1.165, 1.54) is 4.90 Å². The molecule has 1 fully saturated rings. The molecule has 0 N–H and O–H groups in total. The average Bonchev–Trinajstić information content (AvgIpc) is 3.24. The molecule has 0 saturated carbocycles. The van der Waals surface area contributed by atoms with E-state index in [-0.39, 0.29) is 24.2 Å². The first-order valence-electron chi connectivity index (χ1n) is 12.2. The van der Waals surface area contributed by atoms with Gasteiger partial charge in [0.15, 0.2) is 0 Å². The van der Waals surface area contributed by atoms with Crippen LogP contribution in [-0.4, -0.2) is 23.0 Å². The molecule has 2 atom stereocenters. The van der Waals surface area contributed by atoms with Gasteiger partial charge in [-0.15, -0.1) is 0 Å². The highest BCUT2D eigenvalue weighted by Gasteiger charge is 2.54. The van der Waals surface area contributed by atoms with Gasteiger partial charge in [0.25, 0.3) is 0 Å². The fourth-order valence-electron chi connectivity index (χ4n) is 5.43. The zero-order valence-corrected chi connectivity index (χ0v) is 20.1. The maximum Gasteiger partial charge on any atom is 0.234 e. The van der Waals surface area contributed by atoms with Crippen LogP contribution in [-0.2, 0) is 15.1 Å². The van der Waals surface area contributed by atoms with E-state index in [0.717, 1.165) is 28.5 Å². The number of aldehydes is 1. The van der Waals surface area contributed by atoms with Crippen molar-refractivity contribution in [3.8, 4) is 0 Å². The van der Waals surface area contributed by atoms with E-state index in [9.17, 15) is 14.4 Å². The third-order valence-corrected chi connectivity index (χ3v) is 7.29. The predicted molar refractivity (Wildman–Crippen MR) is 139 cm³/mol. The maximum atomic E-state index is 14.3. The minimum absolute atomic E-state index is 0.129. The molecule has 1 heterocycles. The maximum absolute atomic E-state index is 14.3. The Bertz CT molecular complexity index is 1270. The number of carbonyl (C=O) groups is 3. The summed E-state index contributed by atoms with van der Waals surface area (Å²) < 4.78 is 0. The Morgan fingerprint density at radius 3 is 1.58 bits per heavy atom. The lowest BCUT2D eigenvalue weighted by Gasteiger charge is -2.42. The summed E-state index contributed by atoms with van der Waals surface area (Å²) in [5.74, 6) is -1.08. The number of benzene rings is 4. The van der Waals surface area contributed by atoms with E-state index in [4.69, 9.17) is 0 Å². The number of rotatable bonds is 7. The second kappa shape index (κ2) is 9.74. The number of amides is 2. The van der Waals surface area contributed by atoms with Crippen molar-refractivity contribution in [3.63, 3.8) is 0 Å². The molecule has 0 radical (unpaired) electrons. The molecule has 1 aliphatic rings. The standard InChI is InChI=1S/C32H27NO3/c1-23(25-19-17-24(22-34)18-20-25)29-21-30(35)33(31(29)36)32(26-11-5-2-6-12-26,27-13-7-3-8-14-27)28-15-9-4-10-16-28/h2-20,22-23,29H,21H2,1H3. The van der Waals surface area contributed by atoms with Gasteiger partial charge in [-0.25, -0.2) is 0 Å². The smallest absolute Gasteiger partial charge is 0.234 e. The van der Waals surface area contributed by atoms with Crippen molar-refractivity contribution in [2.24, 2.45) is 5.92 Å². The Morgan fingerprint density at radius 1 is 0.722 bits per heavy atom. The van der Waals surface area contributed by atoms with Gasteiger partial charge in [-0.3, -0.25) is 19.3 Å². The summed E-state index contributed by atoms with van der Waals surface area (Å²) in [6, 6.07) is 36.6. The van der Waals surface area contributed by atoms with E-state index >= 15 is 0 Å². The summed E-state index contributed by atoms with van der Waals surface area (Å²) in [6.45, 7) is 1.98. The summed E-state index contributed by atoms with van der Waals surface area (Å²) in [7, 11) is 0. The topological polar surface area (TPSA) is 54.5 Å². The number of imide groups is 1. The van der Waals surface area contributed by atoms with E-state index in [1.54, 1.807) is 12.1 Å². The highest BCUT2D eigenvalue weighted by atomic mass is 16.2. The van der Waals surface area contributed by atoms with Crippen LogP contribution < -0.4 is 0 Å². The summed E-state index contributed by atoms with van der Waals surface area (Å²) >= 11 is 0. The second-order valence-corrected chi connectivity index (χ2v) is 9.26. The van der Waals surface area contributed by atoms with Gasteiger partial charge in [-0.1, -0.05) is 122 Å². The molecule has 4 aromatic carbocycles. The van der Waals surface area contributed by atoms with Gasteiger partial charge in [0.2, 0.25) is 11.8 Å². The van der Waals surface area contributed by atoms with E-state index < -0.39 is 11.5 Å². The zero-order chi connectivity index (χ0) is 25.1. The highest BCUT2D eigenvalue weighted by Crippen LogP contribution is 2.47. The Labute approximate surface area is 211 Å². The first kappa shape index (κ1) is 23.4. The largest absolute Gasteiger partial charge is 0.298 e. The molecular formula is C32H27NO3. The van der Waals surface area contributed by atoms with Crippen molar-refractivity contribution in [2.75, 3.05) is 0 Å². The van der Waals surface area contributed by atoms with E-state index in [2.05, 4.69) is 0 Å². The molecule has 0 bridgehead atoms. The van der Waals surface area contributed by atoms with Crippen LogP contribution in [0.2, 0.25) is 0 Å². The fraction of sp³-hybridized carbons (Fsp3) is 0.156. The van der Waals surface area contributed by atoms with Gasteiger partial charge >= 0.3 is 0 Å². The van der Waals surface area contributed by atoms with Gasteiger partial charge in [0.1, 0.15) is 11.8 Å². The lowest BCUT2D eigenvalue weighted by molar-refractivity contribution is -0.144. The van der Waals surface area contributed by atoms with Crippen LogP contribution in [0.1, 0.15) is 51.9 Å². The highest BCUT2D eigenvalue weighted by molar-refractivity contribution is 6.06. The van der Waals surface area contributed by atoms with Crippen LogP contribution in [0, 0.1) is 5.92 Å². The van der Waals surface area contributed by atoms with Crippen LogP contribution in [0.15, 0.2) is 115 Å². The molecule has 0 aromatic heterocycles. The fourth-order valence-corrected chi connectivity index (χ4v) is 5.43. The van der Waals surface area contributed by atoms with E-state index in [1.807, 2.05) is 110 Å². The zero-order valence-electron chi connectivity index (χ0n) is 20.1. The SMILES string of the molecule is CC(c1ccc(C=O)cc1)C1CC(=O)N(C(c2ccccc2)(c2ccccc2)c2ccccc2)C1=O. The van der Waals surface area contributed by atoms with Crippen molar-refractivity contribution in [1.82, 2.24) is 4.90 Å². The van der Waals surface area contributed by atoms with Gasteiger partial charge < -0.3 is 0 Å². The van der Waals surface area contributed by atoms with Crippen LogP contribution in [0.25, 0.3) is 0 Å². The molecule has 1 aliphatic heterocycles. The van der Waals surface area contributed by atoms with Crippen molar-refractivity contribution in [2.45, 2.75) is 24.8 Å². The molecule has 36 heavy (non-hydrogen) atoms. The molecule has 0 aliphatic carbocycles. The minimum Gasteiger partial charge on any atom is -0.298 e. The van der Waals surface area contributed by atoms with Crippen molar-refractivity contribution < 1.29 is 14.4 Å². The van der Waals surface area contributed by atoms with Gasteiger partial charge in [0.05, 0.1) is 5.92 Å². The van der Waals surface area contributed by atoms with Crippen molar-refractivity contribution >= 4 is 18.1 Å². The Balaban J connectivity index is 1.68. The number of hydrogen-bond donors (Lipinski definition) is 0. The molecule has 1 saturated heterocycles. The molecule has 4 nitrogen and oxygen atoms in total. The quantitative estimate of drug-likeness (QED) is 0.189. The normalized spacial score (nSPS) is 16.7. The molecule has 2 amide bonds. The molecule has 4 heteroatoms. The molecule has 0 spiro atoms. The summed E-state index contributed by atoms with van der Waals surface area (Å²) in [5, 5.41) is 0. The van der Waals surface area contributed by atoms with Crippen LogP contribution in [0.3, 0.4) is 0 Å². The van der Waals surface area contributed by atoms with Crippen LogP contribution in [0.4, 0.5) is 0 Å². The summed E-state index contributed by atoms with van der Waals surface area (Å²) in [6.07, 6.45) is 0.929.